The van der Waals surface area contributed by atoms with Gasteiger partial charge in [0.1, 0.15) is 11.5 Å². The highest BCUT2D eigenvalue weighted by molar-refractivity contribution is 7.98. The fourth-order valence-corrected chi connectivity index (χ4v) is 4.55. The highest BCUT2D eigenvalue weighted by Gasteiger charge is 2.33. The number of nitrogens with zero attached hydrogens (tertiary/aromatic N) is 3. The number of thioether (sulfide) groups is 1. The highest BCUT2D eigenvalue weighted by Crippen LogP contribution is 2.39. The molecule has 4 rings (SSSR count). The predicted octanol–water partition coefficient (Wildman–Crippen LogP) is 4.59. The molecule has 2 aromatic carbocycles. The van der Waals surface area contributed by atoms with Crippen molar-refractivity contribution in [1.29, 1.82) is 0 Å². The summed E-state index contributed by atoms with van der Waals surface area (Å²) in [4.78, 5) is 19.8. The van der Waals surface area contributed by atoms with Crippen LogP contribution in [0.4, 0.5) is 0 Å². The first-order valence-electron chi connectivity index (χ1n) is 9.87. The second-order valence-electron chi connectivity index (χ2n) is 7.10. The summed E-state index contributed by atoms with van der Waals surface area (Å²) in [6, 6.07) is 13.4. The van der Waals surface area contributed by atoms with E-state index in [-0.39, 0.29) is 11.9 Å². The standard InChI is InChI=1S/C23H25N3O3S/c1-28-18-9-10-21(29-2)19(15-18)20-8-5-12-26(20)22(27)16-6-4-7-17(14-16)25-13-11-24-23(25)30-3/h4,6-7,9-11,13-15,20H,5,8,12H2,1-3H3. The van der Waals surface area contributed by atoms with Crippen molar-refractivity contribution in [2.24, 2.45) is 0 Å². The van der Waals surface area contributed by atoms with Gasteiger partial charge in [-0.3, -0.25) is 9.36 Å². The third-order valence-corrected chi connectivity index (χ3v) is 6.14. The molecule has 0 N–H and O–H groups in total. The molecule has 1 aliphatic rings. The number of hydrogen-bond donors (Lipinski definition) is 0. The van der Waals surface area contributed by atoms with Crippen LogP contribution in [0.5, 0.6) is 11.5 Å². The molecule has 1 fully saturated rings. The van der Waals surface area contributed by atoms with Crippen LogP contribution < -0.4 is 9.47 Å². The number of aromatic nitrogens is 2. The van der Waals surface area contributed by atoms with Crippen LogP contribution in [0.1, 0.15) is 34.8 Å². The molecule has 0 radical (unpaired) electrons. The van der Waals surface area contributed by atoms with Gasteiger partial charge in [-0.05, 0) is 55.5 Å². The number of benzene rings is 2. The molecular weight excluding hydrogens is 398 g/mol. The van der Waals surface area contributed by atoms with Crippen LogP contribution in [0.3, 0.4) is 0 Å². The summed E-state index contributed by atoms with van der Waals surface area (Å²) in [5, 5.41) is 0.889. The molecule has 0 bridgehead atoms. The number of likely N-dealkylation sites (tertiary alicyclic amines) is 1. The van der Waals surface area contributed by atoms with Crippen LogP contribution in [0.15, 0.2) is 60.0 Å². The van der Waals surface area contributed by atoms with Gasteiger partial charge in [0, 0.05) is 35.8 Å². The summed E-state index contributed by atoms with van der Waals surface area (Å²) in [6.45, 7) is 0.717. The zero-order chi connectivity index (χ0) is 21.1. The Labute approximate surface area is 180 Å². The van der Waals surface area contributed by atoms with Crippen LogP contribution in [-0.4, -0.2) is 47.4 Å². The van der Waals surface area contributed by atoms with E-state index in [2.05, 4.69) is 4.98 Å². The minimum atomic E-state index is -0.0405. The van der Waals surface area contributed by atoms with Crippen LogP contribution in [-0.2, 0) is 0 Å². The molecule has 7 heteroatoms. The van der Waals surface area contributed by atoms with E-state index in [1.54, 1.807) is 32.2 Å². The number of hydrogen-bond acceptors (Lipinski definition) is 5. The van der Waals surface area contributed by atoms with E-state index in [0.717, 1.165) is 47.3 Å². The Balaban J connectivity index is 1.66. The maximum absolute atomic E-state index is 13.5. The molecule has 0 aliphatic carbocycles. The van der Waals surface area contributed by atoms with Gasteiger partial charge in [-0.15, -0.1) is 0 Å². The molecule has 6 nitrogen and oxygen atoms in total. The van der Waals surface area contributed by atoms with Crippen molar-refractivity contribution in [3.8, 4) is 17.2 Å². The van der Waals surface area contributed by atoms with Crippen molar-refractivity contribution in [2.75, 3.05) is 27.0 Å². The van der Waals surface area contributed by atoms with Gasteiger partial charge in [0.05, 0.1) is 20.3 Å². The zero-order valence-electron chi connectivity index (χ0n) is 17.4. The van der Waals surface area contributed by atoms with Crippen LogP contribution >= 0.6 is 11.8 Å². The maximum Gasteiger partial charge on any atom is 0.254 e. The van der Waals surface area contributed by atoms with Crippen molar-refractivity contribution < 1.29 is 14.3 Å². The van der Waals surface area contributed by atoms with E-state index in [1.807, 2.05) is 64.4 Å². The summed E-state index contributed by atoms with van der Waals surface area (Å²) in [5.74, 6) is 1.56. The van der Waals surface area contributed by atoms with E-state index in [9.17, 15) is 4.79 Å². The molecule has 0 saturated carbocycles. The molecule has 3 aromatic rings. The second-order valence-corrected chi connectivity index (χ2v) is 7.87. The molecule has 1 aliphatic heterocycles. The average molecular weight is 424 g/mol. The lowest BCUT2D eigenvalue weighted by molar-refractivity contribution is 0.0734. The summed E-state index contributed by atoms with van der Waals surface area (Å²) in [6.07, 6.45) is 7.52. The third kappa shape index (κ3) is 3.77. The Hall–Kier alpha value is -2.93. The van der Waals surface area contributed by atoms with Gasteiger partial charge in [-0.25, -0.2) is 4.98 Å². The molecule has 0 spiro atoms. The number of ether oxygens (including phenoxy) is 2. The molecule has 1 atom stereocenters. The third-order valence-electron chi connectivity index (χ3n) is 5.47. The predicted molar refractivity (Wildman–Crippen MR) is 118 cm³/mol. The SMILES string of the molecule is COc1ccc(OC)c(C2CCCN2C(=O)c2cccc(-n3ccnc3SC)c2)c1. The first-order valence-corrected chi connectivity index (χ1v) is 11.1. The van der Waals surface area contributed by atoms with Crippen LogP contribution in [0.2, 0.25) is 0 Å². The van der Waals surface area contributed by atoms with E-state index < -0.39 is 0 Å². The highest BCUT2D eigenvalue weighted by atomic mass is 32.2. The van der Waals surface area contributed by atoms with E-state index in [0.29, 0.717) is 5.56 Å². The zero-order valence-corrected chi connectivity index (χ0v) is 18.2. The molecule has 1 aromatic heterocycles. The van der Waals surface area contributed by atoms with E-state index in [1.165, 1.54) is 0 Å². The van der Waals surface area contributed by atoms with Gasteiger partial charge in [-0.2, -0.15) is 0 Å². The maximum atomic E-state index is 13.5. The molecule has 156 valence electrons. The lowest BCUT2D eigenvalue weighted by Crippen LogP contribution is -2.30. The molecule has 1 unspecified atom stereocenters. The minimum absolute atomic E-state index is 0.0232. The summed E-state index contributed by atoms with van der Waals surface area (Å²) < 4.78 is 13.0. The van der Waals surface area contributed by atoms with Crippen molar-refractivity contribution in [1.82, 2.24) is 14.5 Å². The average Bonchev–Trinajstić information content (AvgIpc) is 3.47. The first-order chi connectivity index (χ1) is 14.7. The number of carbonyl (C=O) groups excluding carboxylic acids is 1. The minimum Gasteiger partial charge on any atom is -0.497 e. The van der Waals surface area contributed by atoms with Gasteiger partial charge < -0.3 is 14.4 Å². The van der Waals surface area contributed by atoms with E-state index in [4.69, 9.17) is 9.47 Å². The number of rotatable bonds is 6. The Kier molecular flexibility index (Phi) is 5.99. The van der Waals surface area contributed by atoms with Crippen LogP contribution in [0.25, 0.3) is 5.69 Å². The largest absolute Gasteiger partial charge is 0.497 e. The fraction of sp³-hybridized carbons (Fsp3) is 0.304. The van der Waals surface area contributed by atoms with Crippen LogP contribution in [0, 0.1) is 0 Å². The van der Waals surface area contributed by atoms with Gasteiger partial charge in [0.15, 0.2) is 5.16 Å². The smallest absolute Gasteiger partial charge is 0.254 e. The van der Waals surface area contributed by atoms with Gasteiger partial charge >= 0.3 is 0 Å². The Bertz CT molecular complexity index is 1050. The van der Waals surface area contributed by atoms with Gasteiger partial charge in [-0.1, -0.05) is 17.8 Å². The quantitative estimate of drug-likeness (QED) is 0.543. The Morgan fingerprint density at radius 2 is 2.03 bits per heavy atom. The van der Waals surface area contributed by atoms with Crippen molar-refractivity contribution in [3.05, 3.63) is 66.0 Å². The lowest BCUT2D eigenvalue weighted by atomic mass is 10.0. The summed E-state index contributed by atoms with van der Waals surface area (Å²) in [7, 11) is 3.30. The van der Waals surface area contributed by atoms with Gasteiger partial charge in [0.2, 0.25) is 0 Å². The number of amides is 1. The molecular formula is C23H25N3O3S. The topological polar surface area (TPSA) is 56.6 Å². The Morgan fingerprint density at radius 3 is 2.80 bits per heavy atom. The number of methoxy groups -OCH3 is 2. The molecule has 1 amide bonds. The molecule has 30 heavy (non-hydrogen) atoms. The van der Waals surface area contributed by atoms with Crippen molar-refractivity contribution in [2.45, 2.75) is 24.0 Å². The molecule has 1 saturated heterocycles. The van der Waals surface area contributed by atoms with E-state index >= 15 is 0 Å². The normalized spacial score (nSPS) is 16.0. The second kappa shape index (κ2) is 8.83. The van der Waals surface area contributed by atoms with Crippen molar-refractivity contribution >= 4 is 17.7 Å². The monoisotopic (exact) mass is 423 g/mol. The molecule has 2 heterocycles. The fourth-order valence-electron chi connectivity index (χ4n) is 4.02. The summed E-state index contributed by atoms with van der Waals surface area (Å²) in [5.41, 5.74) is 2.58. The number of imidazole rings is 1. The summed E-state index contributed by atoms with van der Waals surface area (Å²) >= 11 is 1.57. The van der Waals surface area contributed by atoms with Gasteiger partial charge in [0.25, 0.3) is 5.91 Å². The number of carbonyl (C=O) groups is 1. The lowest BCUT2D eigenvalue weighted by Gasteiger charge is -2.27. The Morgan fingerprint density at radius 1 is 1.17 bits per heavy atom. The first kappa shape index (κ1) is 20.3. The van der Waals surface area contributed by atoms with Crippen molar-refractivity contribution in [3.63, 3.8) is 0 Å².